The third-order valence-corrected chi connectivity index (χ3v) is 3.12. The highest BCUT2D eigenvalue weighted by Gasteiger charge is 2.28. The summed E-state index contributed by atoms with van der Waals surface area (Å²) in [6.07, 6.45) is 0. The van der Waals surface area contributed by atoms with Gasteiger partial charge in [0.15, 0.2) is 11.6 Å². The molecule has 2 rings (SSSR count). The maximum Gasteiger partial charge on any atom is 0.441 e. The Labute approximate surface area is 108 Å². The molecule has 0 fully saturated rings. The van der Waals surface area contributed by atoms with Crippen LogP contribution in [0.1, 0.15) is 0 Å². The molecule has 2 N–H and O–H groups in total. The van der Waals surface area contributed by atoms with Gasteiger partial charge in [-0.3, -0.25) is 0 Å². The molecule has 0 spiro atoms. The van der Waals surface area contributed by atoms with Crippen LogP contribution in [-0.2, 0) is 6.54 Å². The van der Waals surface area contributed by atoms with Gasteiger partial charge in [-0.15, -0.1) is 0 Å². The number of rotatable bonds is 3. The summed E-state index contributed by atoms with van der Waals surface area (Å²) in [6.45, 7) is -0.215. The normalized spacial score (nSPS) is 12.3. The van der Waals surface area contributed by atoms with Crippen LogP contribution in [-0.4, -0.2) is 20.8 Å². The number of nitrogen functional groups attached to an aromatic ring is 1. The van der Waals surface area contributed by atoms with E-state index in [9.17, 15) is 22.0 Å². The highest BCUT2D eigenvalue weighted by atomic mass is 32.2. The number of imidazole rings is 1. The lowest BCUT2D eigenvalue weighted by Crippen LogP contribution is -2.10. The van der Waals surface area contributed by atoms with Crippen LogP contribution >= 0.6 is 11.8 Å². The van der Waals surface area contributed by atoms with Crippen LogP contribution in [0.2, 0.25) is 0 Å². The molecule has 0 amide bonds. The van der Waals surface area contributed by atoms with Crippen LogP contribution in [0.15, 0.2) is 12.1 Å². The summed E-state index contributed by atoms with van der Waals surface area (Å²) in [6, 6.07) is 2.11. The lowest BCUT2D eigenvalue weighted by Gasteiger charge is -2.08. The number of thioether (sulfide) groups is 1. The van der Waals surface area contributed by atoms with E-state index in [1.807, 2.05) is 0 Å². The minimum absolute atomic E-state index is 0.105. The Kier molecular flexibility index (Phi) is 3.57. The minimum atomic E-state index is -4.38. The molecule has 104 valence electrons. The quantitative estimate of drug-likeness (QED) is 0.885. The second kappa shape index (κ2) is 4.87. The Hall–Kier alpha value is -1.51. The smallest absolute Gasteiger partial charge is 0.369 e. The van der Waals surface area contributed by atoms with Crippen LogP contribution in [0.4, 0.5) is 27.9 Å². The zero-order valence-electron chi connectivity index (χ0n) is 9.34. The molecule has 0 aliphatic carbocycles. The van der Waals surface area contributed by atoms with Crippen molar-refractivity contribution in [3.05, 3.63) is 23.8 Å². The maximum atomic E-state index is 13.6. The van der Waals surface area contributed by atoms with Gasteiger partial charge in [-0.25, -0.2) is 13.8 Å². The van der Waals surface area contributed by atoms with Crippen molar-refractivity contribution >= 4 is 28.7 Å². The molecule has 9 heteroatoms. The Balaban J connectivity index is 2.32. The number of halogens is 5. The number of alkyl halides is 3. The second-order valence-corrected chi connectivity index (χ2v) is 4.80. The van der Waals surface area contributed by atoms with Crippen molar-refractivity contribution in [3.63, 3.8) is 0 Å². The molecule has 0 aliphatic rings. The average molecular weight is 297 g/mol. The lowest BCUT2D eigenvalue weighted by molar-refractivity contribution is -0.0328. The number of hydrogen-bond acceptors (Lipinski definition) is 3. The van der Waals surface area contributed by atoms with Gasteiger partial charge >= 0.3 is 5.51 Å². The SMILES string of the molecule is Nc1nc2ccc(F)c(F)c2n1CCSC(F)(F)F. The van der Waals surface area contributed by atoms with E-state index in [0.29, 0.717) is 0 Å². The van der Waals surface area contributed by atoms with Gasteiger partial charge in [-0.05, 0) is 23.9 Å². The molecular weight excluding hydrogens is 289 g/mol. The first-order chi connectivity index (χ1) is 8.79. The summed E-state index contributed by atoms with van der Waals surface area (Å²) in [5.41, 5.74) is 0.997. The third kappa shape index (κ3) is 2.91. The summed E-state index contributed by atoms with van der Waals surface area (Å²) in [5.74, 6) is -2.78. The number of fused-ring (bicyclic) bond motifs is 1. The molecule has 2 aromatic rings. The van der Waals surface area contributed by atoms with Crippen LogP contribution in [0.3, 0.4) is 0 Å². The van der Waals surface area contributed by atoms with Gasteiger partial charge in [0.1, 0.15) is 5.52 Å². The van der Waals surface area contributed by atoms with Gasteiger partial charge in [-0.2, -0.15) is 13.2 Å². The molecule has 0 atom stereocenters. The fourth-order valence-electron chi connectivity index (χ4n) is 1.65. The van der Waals surface area contributed by atoms with E-state index >= 15 is 0 Å². The highest BCUT2D eigenvalue weighted by molar-refractivity contribution is 8.00. The molecule has 0 radical (unpaired) electrons. The van der Waals surface area contributed by atoms with Gasteiger partial charge in [0.05, 0.1) is 5.52 Å². The van der Waals surface area contributed by atoms with E-state index in [1.165, 1.54) is 6.07 Å². The Morgan fingerprint density at radius 1 is 1.26 bits per heavy atom. The predicted molar refractivity (Wildman–Crippen MR) is 62.6 cm³/mol. The first-order valence-corrected chi connectivity index (χ1v) is 6.08. The van der Waals surface area contributed by atoms with Crippen LogP contribution < -0.4 is 5.73 Å². The lowest BCUT2D eigenvalue weighted by atomic mass is 10.3. The van der Waals surface area contributed by atoms with Crippen molar-refractivity contribution < 1.29 is 22.0 Å². The first-order valence-electron chi connectivity index (χ1n) is 5.10. The first kappa shape index (κ1) is 13.9. The summed E-state index contributed by atoms with van der Waals surface area (Å²) >= 11 is -0.261. The Bertz CT molecular complexity index is 607. The summed E-state index contributed by atoms with van der Waals surface area (Å²) in [7, 11) is 0. The van der Waals surface area contributed by atoms with Gasteiger partial charge < -0.3 is 10.3 Å². The topological polar surface area (TPSA) is 43.8 Å². The fraction of sp³-hybridized carbons (Fsp3) is 0.300. The van der Waals surface area contributed by atoms with Crippen LogP contribution in [0, 0.1) is 11.6 Å². The van der Waals surface area contributed by atoms with E-state index in [-0.39, 0.29) is 41.0 Å². The summed E-state index contributed by atoms with van der Waals surface area (Å²) in [4.78, 5) is 3.77. The summed E-state index contributed by atoms with van der Waals surface area (Å²) < 4.78 is 63.8. The molecule has 1 heterocycles. The van der Waals surface area contributed by atoms with E-state index < -0.39 is 17.1 Å². The van der Waals surface area contributed by atoms with Crippen molar-refractivity contribution in [1.82, 2.24) is 9.55 Å². The number of aryl methyl sites for hydroxylation is 1. The molecule has 0 saturated carbocycles. The highest BCUT2D eigenvalue weighted by Crippen LogP contribution is 2.31. The molecule has 1 aromatic heterocycles. The maximum absolute atomic E-state index is 13.6. The molecule has 0 aliphatic heterocycles. The minimum Gasteiger partial charge on any atom is -0.369 e. The van der Waals surface area contributed by atoms with Gasteiger partial charge in [0.2, 0.25) is 5.95 Å². The number of nitrogens with two attached hydrogens (primary N) is 1. The zero-order valence-corrected chi connectivity index (χ0v) is 10.2. The largest absolute Gasteiger partial charge is 0.441 e. The Morgan fingerprint density at radius 3 is 2.58 bits per heavy atom. The van der Waals surface area contributed by atoms with E-state index in [1.54, 1.807) is 0 Å². The number of hydrogen-bond donors (Lipinski definition) is 1. The average Bonchev–Trinajstić information content (AvgIpc) is 2.60. The van der Waals surface area contributed by atoms with E-state index in [4.69, 9.17) is 5.73 Å². The van der Waals surface area contributed by atoms with Crippen molar-refractivity contribution in [2.75, 3.05) is 11.5 Å². The van der Waals surface area contributed by atoms with Gasteiger partial charge in [-0.1, -0.05) is 0 Å². The van der Waals surface area contributed by atoms with Crippen LogP contribution in [0.25, 0.3) is 11.0 Å². The molecule has 19 heavy (non-hydrogen) atoms. The van der Waals surface area contributed by atoms with Crippen LogP contribution in [0.5, 0.6) is 0 Å². The number of nitrogens with zero attached hydrogens (tertiary/aromatic N) is 2. The van der Waals surface area contributed by atoms with Gasteiger partial charge in [0, 0.05) is 12.3 Å². The number of aromatic nitrogens is 2. The molecule has 0 unspecified atom stereocenters. The van der Waals surface area contributed by atoms with Crippen molar-refractivity contribution in [2.24, 2.45) is 0 Å². The molecular formula is C10H8F5N3S. The molecule has 1 aromatic carbocycles. The van der Waals surface area contributed by atoms with E-state index in [2.05, 4.69) is 4.98 Å². The standard InChI is InChI=1S/C10H8F5N3S/c11-5-1-2-6-8(7(5)12)18(9(16)17-6)3-4-19-10(13,14)15/h1-2H,3-4H2,(H2,16,17). The predicted octanol–water partition coefficient (Wildman–Crippen LogP) is 3.15. The second-order valence-electron chi connectivity index (χ2n) is 3.64. The Morgan fingerprint density at radius 2 is 1.95 bits per heavy atom. The van der Waals surface area contributed by atoms with Crippen molar-refractivity contribution in [1.29, 1.82) is 0 Å². The van der Waals surface area contributed by atoms with Crippen molar-refractivity contribution in [2.45, 2.75) is 12.1 Å². The number of anilines is 1. The third-order valence-electron chi connectivity index (χ3n) is 2.41. The van der Waals surface area contributed by atoms with E-state index in [0.717, 1.165) is 10.6 Å². The fourth-order valence-corrected chi connectivity index (χ4v) is 2.16. The summed E-state index contributed by atoms with van der Waals surface area (Å²) in [5, 5.41) is 0. The van der Waals surface area contributed by atoms with Crippen molar-refractivity contribution in [3.8, 4) is 0 Å². The molecule has 0 bridgehead atoms. The molecule has 0 saturated heterocycles. The monoisotopic (exact) mass is 297 g/mol. The zero-order chi connectivity index (χ0) is 14.2. The van der Waals surface area contributed by atoms with Gasteiger partial charge in [0.25, 0.3) is 0 Å². The molecule has 3 nitrogen and oxygen atoms in total. The number of benzene rings is 1.